The number of hydrazone groups is 1. The van der Waals surface area contributed by atoms with Crippen LogP contribution in [-0.4, -0.2) is 59.5 Å². The summed E-state index contributed by atoms with van der Waals surface area (Å²) in [7, 11) is 1.33. The van der Waals surface area contributed by atoms with Crippen LogP contribution in [0, 0.1) is 15.9 Å². The Bertz CT molecular complexity index is 1700. The van der Waals surface area contributed by atoms with E-state index in [1.54, 1.807) is 6.07 Å². The first kappa shape index (κ1) is 30.9. The zero-order chi connectivity index (χ0) is 32.0. The van der Waals surface area contributed by atoms with Crippen molar-refractivity contribution in [3.8, 4) is 17.2 Å². The first-order valence-electron chi connectivity index (χ1n) is 13.2. The molecule has 234 valence electrons. The maximum atomic E-state index is 13.4. The SMILES string of the molecule is COc1cc(/C=N/Nc2nc(Nc3ccc(F)cc3)nc(N3CCOCC3)n2)ccc1Oc1ccc(C(F)(F)F)cc1[N+](=O)[O-]. The summed E-state index contributed by atoms with van der Waals surface area (Å²) >= 11 is 0. The molecule has 1 fully saturated rings. The van der Waals surface area contributed by atoms with Gasteiger partial charge in [0.15, 0.2) is 11.5 Å². The molecule has 0 aliphatic carbocycles. The van der Waals surface area contributed by atoms with Crippen molar-refractivity contribution < 1.29 is 36.7 Å². The van der Waals surface area contributed by atoms with Crippen LogP contribution in [0.4, 0.5) is 46.8 Å². The minimum atomic E-state index is -4.76. The van der Waals surface area contributed by atoms with Crippen molar-refractivity contribution in [2.24, 2.45) is 5.10 Å². The van der Waals surface area contributed by atoms with E-state index in [-0.39, 0.29) is 29.2 Å². The Balaban J connectivity index is 1.34. The molecule has 0 atom stereocenters. The van der Waals surface area contributed by atoms with Gasteiger partial charge >= 0.3 is 11.9 Å². The van der Waals surface area contributed by atoms with Gasteiger partial charge in [-0.1, -0.05) is 0 Å². The van der Waals surface area contributed by atoms with Crippen LogP contribution < -0.4 is 25.1 Å². The number of nitrogens with zero attached hydrogens (tertiary/aromatic N) is 6. The molecule has 2 heterocycles. The summed E-state index contributed by atoms with van der Waals surface area (Å²) in [6.07, 6.45) is -3.35. The number of morpholine rings is 1. The van der Waals surface area contributed by atoms with E-state index in [0.29, 0.717) is 55.6 Å². The highest BCUT2D eigenvalue weighted by atomic mass is 19.4. The number of hydrogen-bond acceptors (Lipinski definition) is 12. The zero-order valence-electron chi connectivity index (χ0n) is 23.4. The average Bonchev–Trinajstić information content (AvgIpc) is 3.02. The highest BCUT2D eigenvalue weighted by Gasteiger charge is 2.33. The fourth-order valence-electron chi connectivity index (χ4n) is 4.09. The zero-order valence-corrected chi connectivity index (χ0v) is 23.4. The molecule has 1 aliphatic heterocycles. The smallest absolute Gasteiger partial charge is 0.416 e. The van der Waals surface area contributed by atoms with Crippen LogP contribution in [0.15, 0.2) is 65.8 Å². The summed E-state index contributed by atoms with van der Waals surface area (Å²) in [6.45, 7) is 2.13. The quantitative estimate of drug-likeness (QED) is 0.0955. The Morgan fingerprint density at radius 2 is 1.69 bits per heavy atom. The molecular formula is C28H24F4N8O5. The average molecular weight is 629 g/mol. The number of methoxy groups -OCH3 is 1. The van der Waals surface area contributed by atoms with Crippen molar-refractivity contribution >= 4 is 35.4 Å². The Morgan fingerprint density at radius 1 is 0.978 bits per heavy atom. The maximum Gasteiger partial charge on any atom is 0.416 e. The fourth-order valence-corrected chi connectivity index (χ4v) is 4.09. The number of benzene rings is 3. The summed E-state index contributed by atoms with van der Waals surface area (Å²) in [5, 5.41) is 18.6. The largest absolute Gasteiger partial charge is 0.493 e. The number of hydrogen-bond donors (Lipinski definition) is 2. The molecule has 45 heavy (non-hydrogen) atoms. The highest BCUT2D eigenvalue weighted by Crippen LogP contribution is 2.40. The normalized spacial score (nSPS) is 13.5. The first-order chi connectivity index (χ1) is 21.6. The summed E-state index contributed by atoms with van der Waals surface area (Å²) in [6, 6.07) is 12.1. The van der Waals surface area contributed by atoms with Crippen molar-refractivity contribution in [3.63, 3.8) is 0 Å². The molecule has 1 saturated heterocycles. The van der Waals surface area contributed by atoms with E-state index >= 15 is 0 Å². The van der Waals surface area contributed by atoms with Crippen LogP contribution in [0.1, 0.15) is 11.1 Å². The molecule has 0 saturated carbocycles. The van der Waals surface area contributed by atoms with E-state index in [4.69, 9.17) is 14.2 Å². The van der Waals surface area contributed by atoms with Crippen molar-refractivity contribution in [2.75, 3.05) is 49.1 Å². The standard InChI is InChI=1S/C28H24F4N8O5/c1-43-24-14-17(2-8-23(24)45-22-9-3-18(28(30,31)32)15-21(22)40(41)42)16-33-38-26-35-25(34-20-6-4-19(29)5-7-20)36-27(37-26)39-10-12-44-13-11-39/h2-9,14-16H,10-13H2,1H3,(H2,34,35,36,37,38)/b33-16+. The van der Waals surface area contributed by atoms with Crippen LogP contribution in [0.5, 0.6) is 17.2 Å². The van der Waals surface area contributed by atoms with Gasteiger partial charge in [0.2, 0.25) is 23.6 Å². The van der Waals surface area contributed by atoms with Crippen LogP contribution in [0.3, 0.4) is 0 Å². The van der Waals surface area contributed by atoms with Gasteiger partial charge in [0.05, 0.1) is 37.0 Å². The van der Waals surface area contributed by atoms with Gasteiger partial charge in [-0.25, -0.2) is 9.82 Å². The Labute approximate surface area is 252 Å². The maximum absolute atomic E-state index is 13.4. The molecule has 3 aromatic carbocycles. The summed E-state index contributed by atoms with van der Waals surface area (Å²) < 4.78 is 68.8. The number of anilines is 4. The summed E-state index contributed by atoms with van der Waals surface area (Å²) in [4.78, 5) is 25.6. The lowest BCUT2D eigenvalue weighted by atomic mass is 10.1. The molecule has 1 aromatic heterocycles. The predicted octanol–water partition coefficient (Wildman–Crippen LogP) is 5.76. The Morgan fingerprint density at radius 3 is 2.38 bits per heavy atom. The van der Waals surface area contributed by atoms with Gasteiger partial charge in [-0.15, -0.1) is 0 Å². The van der Waals surface area contributed by atoms with Crippen LogP contribution in [0.25, 0.3) is 0 Å². The molecule has 0 unspecified atom stereocenters. The van der Waals surface area contributed by atoms with E-state index in [1.807, 2.05) is 4.90 Å². The van der Waals surface area contributed by atoms with E-state index in [1.165, 1.54) is 49.7 Å². The lowest BCUT2D eigenvalue weighted by molar-refractivity contribution is -0.385. The minimum absolute atomic E-state index is 0.0228. The Kier molecular flexibility index (Phi) is 9.17. The molecule has 2 N–H and O–H groups in total. The van der Waals surface area contributed by atoms with Crippen molar-refractivity contribution in [3.05, 3.63) is 87.7 Å². The monoisotopic (exact) mass is 628 g/mol. The number of nitro groups is 1. The molecule has 13 nitrogen and oxygen atoms in total. The number of alkyl halides is 3. The molecular weight excluding hydrogens is 604 g/mol. The van der Waals surface area contributed by atoms with Gasteiger partial charge in [0.1, 0.15) is 5.82 Å². The van der Waals surface area contributed by atoms with Gasteiger partial charge in [-0.3, -0.25) is 10.1 Å². The van der Waals surface area contributed by atoms with Crippen LogP contribution in [0.2, 0.25) is 0 Å². The van der Waals surface area contributed by atoms with Crippen LogP contribution >= 0.6 is 0 Å². The molecule has 5 rings (SSSR count). The number of halogens is 4. The lowest BCUT2D eigenvalue weighted by Crippen LogP contribution is -2.37. The van der Waals surface area contributed by atoms with E-state index in [9.17, 15) is 27.7 Å². The number of aromatic nitrogens is 3. The summed E-state index contributed by atoms with van der Waals surface area (Å²) in [5.74, 6) is 0.0361. The molecule has 4 aromatic rings. The highest BCUT2D eigenvalue weighted by molar-refractivity contribution is 5.81. The topological polar surface area (TPSA) is 149 Å². The van der Waals surface area contributed by atoms with Crippen molar-refractivity contribution in [2.45, 2.75) is 6.18 Å². The second kappa shape index (κ2) is 13.4. The fraction of sp³-hybridized carbons (Fsp3) is 0.214. The third-order valence-electron chi connectivity index (χ3n) is 6.29. The molecule has 0 bridgehead atoms. The Hall–Kier alpha value is -5.58. The molecule has 1 aliphatic rings. The number of ether oxygens (including phenoxy) is 3. The van der Waals surface area contributed by atoms with E-state index in [2.05, 4.69) is 30.8 Å². The second-order valence-corrected chi connectivity index (χ2v) is 9.33. The van der Waals surface area contributed by atoms with Gasteiger partial charge in [0.25, 0.3) is 0 Å². The lowest BCUT2D eigenvalue weighted by Gasteiger charge is -2.27. The number of rotatable bonds is 10. The van der Waals surface area contributed by atoms with Gasteiger partial charge < -0.3 is 24.4 Å². The van der Waals surface area contributed by atoms with Gasteiger partial charge in [-0.05, 0) is 60.2 Å². The molecule has 0 spiro atoms. The number of nitro benzene ring substituents is 1. The minimum Gasteiger partial charge on any atom is -0.493 e. The van der Waals surface area contributed by atoms with Crippen molar-refractivity contribution in [1.82, 2.24) is 15.0 Å². The molecule has 17 heteroatoms. The predicted molar refractivity (Wildman–Crippen MR) is 155 cm³/mol. The van der Waals surface area contributed by atoms with Crippen molar-refractivity contribution in [1.29, 1.82) is 0 Å². The summed E-state index contributed by atoms with van der Waals surface area (Å²) in [5.41, 5.74) is 1.77. The second-order valence-electron chi connectivity index (χ2n) is 9.33. The molecule has 0 amide bonds. The van der Waals surface area contributed by atoms with E-state index < -0.39 is 28.1 Å². The third kappa shape index (κ3) is 7.88. The molecule has 0 radical (unpaired) electrons. The van der Waals surface area contributed by atoms with Gasteiger partial charge in [0, 0.05) is 24.8 Å². The van der Waals surface area contributed by atoms with Crippen LogP contribution in [-0.2, 0) is 10.9 Å². The third-order valence-corrected chi connectivity index (χ3v) is 6.29. The number of nitrogens with one attached hydrogen (secondary N) is 2. The van der Waals surface area contributed by atoms with Gasteiger partial charge in [-0.2, -0.15) is 33.2 Å². The van der Waals surface area contributed by atoms with E-state index in [0.717, 1.165) is 6.07 Å². The first-order valence-corrected chi connectivity index (χ1v) is 13.2.